The summed E-state index contributed by atoms with van der Waals surface area (Å²) in [5.74, 6) is 0. The van der Waals surface area contributed by atoms with E-state index in [2.05, 4.69) is 11.4 Å². The second-order valence-electron chi connectivity index (χ2n) is 6.03. The van der Waals surface area contributed by atoms with Crippen molar-refractivity contribution in [1.82, 2.24) is 5.32 Å². The molecule has 3 aliphatic rings. The van der Waals surface area contributed by atoms with Gasteiger partial charge < -0.3 is 10.1 Å². The SMILES string of the molecule is C1=C(CCNC2CCOC3(CCC3)C2)CCC1. The molecule has 2 heteroatoms. The lowest BCUT2D eigenvalue weighted by molar-refractivity contribution is -0.135. The van der Waals surface area contributed by atoms with Gasteiger partial charge in [-0.2, -0.15) is 0 Å². The smallest absolute Gasteiger partial charge is 0.0697 e. The number of allylic oxidation sites excluding steroid dienone is 1. The lowest BCUT2D eigenvalue weighted by atomic mass is 9.74. The third-order valence-electron chi connectivity index (χ3n) is 4.77. The van der Waals surface area contributed by atoms with E-state index in [1.807, 2.05) is 0 Å². The first-order valence-electron chi connectivity index (χ1n) is 7.42. The van der Waals surface area contributed by atoms with Crippen LogP contribution in [0.1, 0.15) is 57.8 Å². The first-order chi connectivity index (χ1) is 8.36. The second kappa shape index (κ2) is 5.11. The Morgan fingerprint density at radius 1 is 1.35 bits per heavy atom. The molecule has 0 aromatic rings. The Morgan fingerprint density at radius 2 is 2.29 bits per heavy atom. The predicted octanol–water partition coefficient (Wildman–Crippen LogP) is 3.18. The van der Waals surface area contributed by atoms with Crippen LogP contribution in [-0.2, 0) is 4.74 Å². The standard InChI is InChI=1S/C15H25NO/c1-2-5-13(4-1)6-10-16-14-7-11-17-15(12-14)8-3-9-15/h4,14,16H,1-3,5-12H2. The van der Waals surface area contributed by atoms with Gasteiger partial charge in [0.05, 0.1) is 5.60 Å². The van der Waals surface area contributed by atoms with Gasteiger partial charge >= 0.3 is 0 Å². The molecule has 2 fully saturated rings. The summed E-state index contributed by atoms with van der Waals surface area (Å²) in [6, 6.07) is 0.714. The fraction of sp³-hybridized carbons (Fsp3) is 0.867. The average Bonchev–Trinajstić information content (AvgIpc) is 2.80. The van der Waals surface area contributed by atoms with Gasteiger partial charge in [0.15, 0.2) is 0 Å². The topological polar surface area (TPSA) is 21.3 Å². The fourth-order valence-electron chi connectivity index (χ4n) is 3.52. The molecule has 96 valence electrons. The molecule has 3 rings (SSSR count). The maximum atomic E-state index is 5.96. The molecule has 0 aromatic carbocycles. The van der Waals surface area contributed by atoms with Crippen molar-refractivity contribution in [2.75, 3.05) is 13.2 Å². The molecule has 1 heterocycles. The van der Waals surface area contributed by atoms with Crippen LogP contribution in [0.2, 0.25) is 0 Å². The van der Waals surface area contributed by atoms with Crippen molar-refractivity contribution in [2.24, 2.45) is 0 Å². The quantitative estimate of drug-likeness (QED) is 0.756. The summed E-state index contributed by atoms with van der Waals surface area (Å²) in [5, 5.41) is 3.75. The molecular weight excluding hydrogens is 210 g/mol. The molecule has 0 bridgehead atoms. The van der Waals surface area contributed by atoms with Crippen molar-refractivity contribution < 1.29 is 4.74 Å². The number of hydrogen-bond acceptors (Lipinski definition) is 2. The molecule has 1 saturated carbocycles. The van der Waals surface area contributed by atoms with Crippen molar-refractivity contribution >= 4 is 0 Å². The maximum Gasteiger partial charge on any atom is 0.0697 e. The summed E-state index contributed by atoms with van der Waals surface area (Å²) in [7, 11) is 0. The first kappa shape index (κ1) is 11.7. The molecule has 1 saturated heterocycles. The summed E-state index contributed by atoms with van der Waals surface area (Å²) in [5.41, 5.74) is 1.98. The Balaban J connectivity index is 1.39. The van der Waals surface area contributed by atoms with Crippen LogP contribution in [0.3, 0.4) is 0 Å². The van der Waals surface area contributed by atoms with E-state index in [0.717, 1.165) is 6.61 Å². The van der Waals surface area contributed by atoms with Crippen LogP contribution >= 0.6 is 0 Å². The molecule has 17 heavy (non-hydrogen) atoms. The third-order valence-corrected chi connectivity index (χ3v) is 4.77. The Hall–Kier alpha value is -0.340. The monoisotopic (exact) mass is 235 g/mol. The van der Waals surface area contributed by atoms with Crippen LogP contribution in [0, 0.1) is 0 Å². The highest BCUT2D eigenvalue weighted by molar-refractivity contribution is 5.07. The van der Waals surface area contributed by atoms with Gasteiger partial charge in [0.2, 0.25) is 0 Å². The zero-order valence-electron chi connectivity index (χ0n) is 10.8. The molecule has 1 aliphatic heterocycles. The van der Waals surface area contributed by atoms with E-state index in [9.17, 15) is 0 Å². The number of ether oxygens (including phenoxy) is 1. The molecule has 1 atom stereocenters. The second-order valence-corrected chi connectivity index (χ2v) is 6.03. The summed E-state index contributed by atoms with van der Waals surface area (Å²) >= 11 is 0. The van der Waals surface area contributed by atoms with E-state index >= 15 is 0 Å². The molecule has 0 aromatic heterocycles. The highest BCUT2D eigenvalue weighted by Crippen LogP contribution is 2.42. The highest BCUT2D eigenvalue weighted by Gasteiger charge is 2.42. The van der Waals surface area contributed by atoms with Crippen LogP contribution in [0.4, 0.5) is 0 Å². The van der Waals surface area contributed by atoms with Gasteiger partial charge in [0, 0.05) is 12.6 Å². The lowest BCUT2D eigenvalue weighted by Gasteiger charge is -2.47. The van der Waals surface area contributed by atoms with Crippen LogP contribution in [0.15, 0.2) is 11.6 Å². The lowest BCUT2D eigenvalue weighted by Crippen LogP contribution is -2.51. The minimum Gasteiger partial charge on any atom is -0.375 e. The minimum atomic E-state index is 0.294. The van der Waals surface area contributed by atoms with E-state index in [0.29, 0.717) is 11.6 Å². The van der Waals surface area contributed by atoms with Crippen molar-refractivity contribution in [3.05, 3.63) is 11.6 Å². The Bertz CT molecular complexity index is 293. The number of rotatable bonds is 4. The van der Waals surface area contributed by atoms with Crippen molar-refractivity contribution in [3.63, 3.8) is 0 Å². The zero-order valence-corrected chi connectivity index (χ0v) is 10.8. The van der Waals surface area contributed by atoms with Crippen molar-refractivity contribution in [3.8, 4) is 0 Å². The van der Waals surface area contributed by atoms with E-state index in [1.54, 1.807) is 5.57 Å². The Labute approximate surface area is 105 Å². The van der Waals surface area contributed by atoms with E-state index < -0.39 is 0 Å². The summed E-state index contributed by atoms with van der Waals surface area (Å²) < 4.78 is 5.96. The van der Waals surface area contributed by atoms with E-state index in [-0.39, 0.29) is 0 Å². The molecule has 0 amide bonds. The zero-order chi connectivity index (χ0) is 11.6. The van der Waals surface area contributed by atoms with Gasteiger partial charge in [0.25, 0.3) is 0 Å². The maximum absolute atomic E-state index is 5.96. The molecule has 1 spiro atoms. The Morgan fingerprint density at radius 3 is 3.00 bits per heavy atom. The third kappa shape index (κ3) is 2.74. The molecular formula is C15H25NO. The van der Waals surface area contributed by atoms with Gasteiger partial charge in [-0.05, 0) is 64.3 Å². The number of hydrogen-bond donors (Lipinski definition) is 1. The van der Waals surface area contributed by atoms with E-state index in [4.69, 9.17) is 4.74 Å². The fourth-order valence-corrected chi connectivity index (χ4v) is 3.52. The molecule has 2 aliphatic carbocycles. The van der Waals surface area contributed by atoms with Crippen molar-refractivity contribution in [1.29, 1.82) is 0 Å². The van der Waals surface area contributed by atoms with Crippen molar-refractivity contribution in [2.45, 2.75) is 69.4 Å². The molecule has 1 unspecified atom stereocenters. The van der Waals surface area contributed by atoms with Crippen LogP contribution in [0.5, 0.6) is 0 Å². The highest BCUT2D eigenvalue weighted by atomic mass is 16.5. The summed E-state index contributed by atoms with van der Waals surface area (Å²) in [6.45, 7) is 2.15. The molecule has 0 radical (unpaired) electrons. The van der Waals surface area contributed by atoms with Gasteiger partial charge in [-0.25, -0.2) is 0 Å². The van der Waals surface area contributed by atoms with Gasteiger partial charge in [0.1, 0.15) is 0 Å². The summed E-state index contributed by atoms with van der Waals surface area (Å²) in [6.07, 6.45) is 14.2. The van der Waals surface area contributed by atoms with Crippen LogP contribution in [-0.4, -0.2) is 24.8 Å². The van der Waals surface area contributed by atoms with Gasteiger partial charge in [-0.1, -0.05) is 11.6 Å². The first-order valence-corrected chi connectivity index (χ1v) is 7.42. The van der Waals surface area contributed by atoms with Crippen LogP contribution in [0.25, 0.3) is 0 Å². The predicted molar refractivity (Wildman–Crippen MR) is 70.1 cm³/mol. The van der Waals surface area contributed by atoms with Gasteiger partial charge in [-0.15, -0.1) is 0 Å². The minimum absolute atomic E-state index is 0.294. The molecule has 2 nitrogen and oxygen atoms in total. The average molecular weight is 235 g/mol. The van der Waals surface area contributed by atoms with Crippen LogP contribution < -0.4 is 5.32 Å². The number of nitrogens with one attached hydrogen (secondary N) is 1. The van der Waals surface area contributed by atoms with Gasteiger partial charge in [-0.3, -0.25) is 0 Å². The van der Waals surface area contributed by atoms with E-state index in [1.165, 1.54) is 64.3 Å². The normalized spacial score (nSPS) is 31.3. The summed E-state index contributed by atoms with van der Waals surface area (Å²) in [4.78, 5) is 0. The molecule has 1 N–H and O–H groups in total. The largest absolute Gasteiger partial charge is 0.375 e. The Kier molecular flexibility index (Phi) is 3.53.